The van der Waals surface area contributed by atoms with E-state index in [9.17, 15) is 9.59 Å². The Morgan fingerprint density at radius 2 is 0.903 bits per heavy atom. The number of hydrogen-bond acceptors (Lipinski definition) is 8. The maximum Gasteiger partial charge on any atom is 0.338 e. The van der Waals surface area contributed by atoms with Crippen molar-refractivity contribution in [3.63, 3.8) is 0 Å². The van der Waals surface area contributed by atoms with Crippen LogP contribution in [0.15, 0.2) is 158 Å². The summed E-state index contributed by atoms with van der Waals surface area (Å²) in [5.41, 5.74) is 7.37. The number of carbonyl (C=O) groups excluding carboxylic acids is 2. The fraction of sp³-hybridized carbons (Fsp3) is 0.258. The zero-order valence-corrected chi connectivity index (χ0v) is 41.5. The molecular weight excluding hydrogens is 907 g/mol. The van der Waals surface area contributed by atoms with Crippen LogP contribution in [0.2, 0.25) is 0 Å². The van der Waals surface area contributed by atoms with Crippen molar-refractivity contribution in [1.29, 1.82) is 0 Å². The predicted molar refractivity (Wildman–Crippen MR) is 280 cm³/mol. The second kappa shape index (κ2) is 21.9. The molecule has 0 radical (unpaired) electrons. The molecule has 8 aromatic rings. The molecule has 8 nitrogen and oxygen atoms in total. The fourth-order valence-electron chi connectivity index (χ4n) is 10.8. The van der Waals surface area contributed by atoms with Gasteiger partial charge in [-0.25, -0.2) is 18.4 Å². The van der Waals surface area contributed by atoms with Gasteiger partial charge in [0.05, 0.1) is 25.3 Å². The van der Waals surface area contributed by atoms with E-state index >= 15 is 8.78 Å². The minimum atomic E-state index is -0.462. The Bertz CT molecular complexity index is 3040. The van der Waals surface area contributed by atoms with Gasteiger partial charge in [-0.3, -0.25) is 0 Å². The number of halogens is 2. The highest BCUT2D eigenvalue weighted by molar-refractivity contribution is 5.92. The molecule has 2 aliphatic heterocycles. The summed E-state index contributed by atoms with van der Waals surface area (Å²) in [5, 5.41) is 12.2. The summed E-state index contributed by atoms with van der Waals surface area (Å²) in [5.74, 6) is -0.539. The summed E-state index contributed by atoms with van der Waals surface area (Å²) in [6, 6.07) is 50.9. The van der Waals surface area contributed by atoms with E-state index in [0.717, 1.165) is 22.6 Å². The Labute approximate surface area is 420 Å². The number of hydrogen-bond donors (Lipinski definition) is 2. The molecule has 368 valence electrons. The number of methoxy groups -OCH3 is 2. The van der Waals surface area contributed by atoms with Crippen LogP contribution >= 0.6 is 0 Å². The first-order valence-corrected chi connectivity index (χ1v) is 24.6. The molecule has 0 unspecified atom stereocenters. The summed E-state index contributed by atoms with van der Waals surface area (Å²) in [7, 11) is 2.68. The quantitative estimate of drug-likeness (QED) is 0.117. The molecule has 72 heavy (non-hydrogen) atoms. The van der Waals surface area contributed by atoms with Crippen molar-refractivity contribution >= 4 is 33.5 Å². The van der Waals surface area contributed by atoms with Crippen molar-refractivity contribution in [1.82, 2.24) is 10.6 Å². The number of ether oxygens (including phenoxy) is 4. The molecule has 8 aromatic carbocycles. The standard InChI is InChI=1S/2C31H30FNO3/c2*1-19-23(31(34)35-3)15-16-28(32)30(19)27-17-22(36-29-14-7-6-12-26(27)29)18-33-20(2)24-13-8-10-21-9-4-5-11-25(21)24/h2*4-16,20,22,27,33H,17-18H2,1-3H3/t20-,22-,27+;20-,22-,27-/m11/s1. The zero-order chi connectivity index (χ0) is 50.5. The van der Waals surface area contributed by atoms with Gasteiger partial charge in [-0.15, -0.1) is 0 Å². The lowest BCUT2D eigenvalue weighted by Crippen LogP contribution is -2.37. The lowest BCUT2D eigenvalue weighted by molar-refractivity contribution is 0.0590. The molecule has 6 atom stereocenters. The largest absolute Gasteiger partial charge is 0.489 e. The van der Waals surface area contributed by atoms with Crippen molar-refractivity contribution in [2.24, 2.45) is 0 Å². The van der Waals surface area contributed by atoms with Crippen molar-refractivity contribution in [3.05, 3.63) is 225 Å². The van der Waals surface area contributed by atoms with Gasteiger partial charge >= 0.3 is 11.9 Å². The first-order valence-electron chi connectivity index (χ1n) is 24.6. The van der Waals surface area contributed by atoms with Crippen molar-refractivity contribution in [2.75, 3.05) is 27.3 Å². The number of fused-ring (bicyclic) bond motifs is 4. The fourth-order valence-corrected chi connectivity index (χ4v) is 10.8. The van der Waals surface area contributed by atoms with Gasteiger partial charge in [0.2, 0.25) is 0 Å². The van der Waals surface area contributed by atoms with Crippen molar-refractivity contribution < 1.29 is 37.3 Å². The first kappa shape index (κ1) is 49.6. The third-order valence-corrected chi connectivity index (χ3v) is 14.5. The van der Waals surface area contributed by atoms with Crippen LogP contribution in [0, 0.1) is 25.5 Å². The molecular formula is C62H60F2N2O6. The molecule has 0 saturated carbocycles. The lowest BCUT2D eigenvalue weighted by Gasteiger charge is -2.34. The Balaban J connectivity index is 0.000000178. The second-order valence-corrected chi connectivity index (χ2v) is 18.8. The van der Waals surface area contributed by atoms with E-state index in [1.807, 2.05) is 60.7 Å². The SMILES string of the molecule is COC(=O)c1ccc(F)c([C@@H]2C[C@H](CN[C@H](C)c3cccc4ccccc34)Oc3ccccc32)c1C.COC(=O)c1ccc(F)c([C@H]2C[C@H](CN[C@H](C)c3cccc4ccccc34)Oc3ccccc32)c1C. The molecule has 2 N–H and O–H groups in total. The van der Waals surface area contributed by atoms with E-state index in [2.05, 4.69) is 97.3 Å². The van der Waals surface area contributed by atoms with E-state index in [1.54, 1.807) is 13.8 Å². The Morgan fingerprint density at radius 1 is 0.528 bits per heavy atom. The highest BCUT2D eigenvalue weighted by atomic mass is 19.1. The smallest absolute Gasteiger partial charge is 0.338 e. The Kier molecular flexibility index (Phi) is 15.1. The average Bonchev–Trinajstić information content (AvgIpc) is 3.41. The number of rotatable bonds is 12. The summed E-state index contributed by atoms with van der Waals surface area (Å²) < 4.78 is 53.1. The van der Waals surface area contributed by atoms with E-state index in [0.29, 0.717) is 59.3 Å². The van der Waals surface area contributed by atoms with Crippen molar-refractivity contribution in [2.45, 2.75) is 76.7 Å². The van der Waals surface area contributed by atoms with Gasteiger partial charge in [0, 0.05) is 48.1 Å². The summed E-state index contributed by atoms with van der Waals surface area (Å²) in [6.07, 6.45) is 0.856. The van der Waals surface area contributed by atoms with Crippen LogP contribution in [0.3, 0.4) is 0 Å². The lowest BCUT2D eigenvalue weighted by atomic mass is 9.81. The van der Waals surface area contributed by atoms with Crippen LogP contribution in [0.25, 0.3) is 21.5 Å². The molecule has 0 aliphatic carbocycles. The number of esters is 2. The molecule has 0 aromatic heterocycles. The van der Waals surface area contributed by atoms with E-state index in [-0.39, 0.29) is 47.8 Å². The van der Waals surface area contributed by atoms with Gasteiger partial charge in [0.1, 0.15) is 35.3 Å². The highest BCUT2D eigenvalue weighted by Gasteiger charge is 2.35. The summed E-state index contributed by atoms with van der Waals surface area (Å²) >= 11 is 0. The van der Waals surface area contributed by atoms with Gasteiger partial charge in [-0.1, -0.05) is 121 Å². The van der Waals surface area contributed by atoms with Crippen LogP contribution in [0.1, 0.15) is 116 Å². The Morgan fingerprint density at radius 3 is 1.32 bits per heavy atom. The topological polar surface area (TPSA) is 95.1 Å². The molecule has 10 rings (SSSR count). The third-order valence-electron chi connectivity index (χ3n) is 14.5. The summed E-state index contributed by atoms with van der Waals surface area (Å²) in [4.78, 5) is 24.6. The maximum absolute atomic E-state index is 15.3. The molecule has 2 heterocycles. The van der Waals surface area contributed by atoms with Crippen LogP contribution in [0.5, 0.6) is 11.5 Å². The highest BCUT2D eigenvalue weighted by Crippen LogP contribution is 2.45. The normalized spacial score (nSPS) is 17.8. The van der Waals surface area contributed by atoms with Crippen LogP contribution in [-0.2, 0) is 9.47 Å². The monoisotopic (exact) mass is 966 g/mol. The van der Waals surface area contributed by atoms with Crippen molar-refractivity contribution in [3.8, 4) is 11.5 Å². The van der Waals surface area contributed by atoms with Crippen LogP contribution in [0.4, 0.5) is 8.78 Å². The average molecular weight is 967 g/mol. The predicted octanol–water partition coefficient (Wildman–Crippen LogP) is 13.4. The Hall–Kier alpha value is -7.40. The molecule has 0 fully saturated rings. The van der Waals surface area contributed by atoms with Gasteiger partial charge in [0.25, 0.3) is 0 Å². The van der Waals surface area contributed by atoms with Gasteiger partial charge in [-0.2, -0.15) is 0 Å². The molecule has 2 aliphatic rings. The second-order valence-electron chi connectivity index (χ2n) is 18.8. The number of para-hydroxylation sites is 2. The molecule has 0 amide bonds. The third kappa shape index (κ3) is 10.2. The minimum absolute atomic E-state index is 0.108. The van der Waals surface area contributed by atoms with E-state index in [4.69, 9.17) is 18.9 Å². The first-order chi connectivity index (χ1) is 34.9. The zero-order valence-electron chi connectivity index (χ0n) is 41.5. The van der Waals surface area contributed by atoms with Gasteiger partial charge in [-0.05, 0) is 132 Å². The van der Waals surface area contributed by atoms with Crippen LogP contribution < -0.4 is 20.1 Å². The molecule has 0 spiro atoms. The van der Waals surface area contributed by atoms with Gasteiger partial charge < -0.3 is 29.6 Å². The minimum Gasteiger partial charge on any atom is -0.489 e. The van der Waals surface area contributed by atoms with Crippen LogP contribution in [-0.4, -0.2) is 51.5 Å². The molecule has 0 saturated heterocycles. The number of carbonyl (C=O) groups is 2. The summed E-state index contributed by atoms with van der Waals surface area (Å²) in [6.45, 7) is 9.09. The number of benzene rings is 8. The van der Waals surface area contributed by atoms with Gasteiger partial charge in [0.15, 0.2) is 0 Å². The number of nitrogens with one attached hydrogen (secondary N) is 2. The molecule has 10 heteroatoms. The maximum atomic E-state index is 15.3. The van der Waals surface area contributed by atoms with E-state index in [1.165, 1.54) is 71.2 Å². The van der Waals surface area contributed by atoms with E-state index < -0.39 is 11.9 Å². The molecule has 0 bridgehead atoms.